The summed E-state index contributed by atoms with van der Waals surface area (Å²) in [5, 5.41) is 68.1. The molecule has 3 saturated carbocycles. The van der Waals surface area contributed by atoms with Crippen molar-refractivity contribution in [3.63, 3.8) is 0 Å². The minimum absolute atomic E-state index is 0.184. The van der Waals surface area contributed by atoms with E-state index in [-0.39, 0.29) is 38.5 Å². The van der Waals surface area contributed by atoms with Gasteiger partial charge in [-0.25, -0.2) is 14.4 Å². The van der Waals surface area contributed by atoms with Crippen molar-refractivity contribution < 1.29 is 73.6 Å². The van der Waals surface area contributed by atoms with Gasteiger partial charge in [-0.1, -0.05) is 0 Å². The Morgan fingerprint density at radius 2 is 0.708 bits per heavy atom. The molecule has 0 radical (unpaired) electrons. The number of hydrogen-bond donors (Lipinski definition) is 9. The normalized spacial score (nSPS) is 38.5. The first kappa shape index (κ1) is 37.4. The SMILES string of the molecule is O=C1OCC(NC(=O)C2CCCC(O)C2O)C(=O)OCC(NC(=O)C2CCCC(O)C2O)C(=O)OCC1NC(=O)C1CCCC(O)C1O. The molecule has 0 bridgehead atoms. The lowest BCUT2D eigenvalue weighted by atomic mass is 9.84. The summed E-state index contributed by atoms with van der Waals surface area (Å²) in [6.07, 6.45) is -5.27. The second kappa shape index (κ2) is 16.8. The maximum atomic E-state index is 13.2. The minimum atomic E-state index is -1.69. The Labute approximate surface area is 275 Å². The number of aliphatic hydroxyl groups excluding tert-OH is 6. The Hall–Kier alpha value is -3.42. The minimum Gasteiger partial charge on any atom is -0.461 e. The molecule has 1 heterocycles. The highest BCUT2D eigenvalue weighted by molar-refractivity contribution is 5.90. The van der Waals surface area contributed by atoms with Crippen LogP contribution in [0.2, 0.25) is 0 Å². The van der Waals surface area contributed by atoms with E-state index < -0.39 is 128 Å². The molecule has 18 nitrogen and oxygen atoms in total. The van der Waals surface area contributed by atoms with Crippen LogP contribution in [0.1, 0.15) is 57.8 Å². The third-order valence-corrected chi connectivity index (χ3v) is 9.45. The number of carbonyl (C=O) groups is 6. The van der Waals surface area contributed by atoms with E-state index in [4.69, 9.17) is 14.2 Å². The van der Waals surface area contributed by atoms with Crippen molar-refractivity contribution >= 4 is 35.6 Å². The standard InChI is InChI=1S/C30H45N3O15/c34-19-7-1-4-13(22(19)37)25(40)31-16-10-46-29(44)18(33-27(42)15-6-3-9-21(36)24(15)39)12-48-30(45)17(11-47-28(16)43)32-26(41)14-5-2-8-20(35)23(14)38/h13-24,34-39H,1-12H2,(H,31,40)(H,32,41)(H,33,42). The summed E-state index contributed by atoms with van der Waals surface area (Å²) in [6, 6.07) is -5.08. The van der Waals surface area contributed by atoms with E-state index in [0.717, 1.165) is 0 Å². The van der Waals surface area contributed by atoms with Gasteiger partial charge in [-0.05, 0) is 57.8 Å². The highest BCUT2D eigenvalue weighted by Gasteiger charge is 2.42. The zero-order valence-electron chi connectivity index (χ0n) is 26.3. The van der Waals surface area contributed by atoms with Gasteiger partial charge in [-0.2, -0.15) is 0 Å². The van der Waals surface area contributed by atoms with Crippen LogP contribution in [0.3, 0.4) is 0 Å². The molecule has 0 aromatic carbocycles. The van der Waals surface area contributed by atoms with Crippen molar-refractivity contribution in [3.8, 4) is 0 Å². The second-order valence-corrected chi connectivity index (χ2v) is 12.9. The third kappa shape index (κ3) is 9.17. The molecule has 0 spiro atoms. The summed E-state index contributed by atoms with van der Waals surface area (Å²) in [4.78, 5) is 78.7. The fourth-order valence-electron chi connectivity index (χ4n) is 6.47. The largest absolute Gasteiger partial charge is 0.461 e. The van der Waals surface area contributed by atoms with Crippen molar-refractivity contribution in [2.75, 3.05) is 19.8 Å². The van der Waals surface area contributed by atoms with Gasteiger partial charge >= 0.3 is 17.9 Å². The van der Waals surface area contributed by atoms with E-state index >= 15 is 0 Å². The molecule has 3 aliphatic carbocycles. The fraction of sp³-hybridized carbons (Fsp3) is 0.800. The quantitative estimate of drug-likeness (QED) is 0.0942. The zero-order valence-corrected chi connectivity index (χ0v) is 26.3. The molecule has 12 atom stereocenters. The van der Waals surface area contributed by atoms with Crippen LogP contribution in [0, 0.1) is 17.8 Å². The van der Waals surface area contributed by atoms with Crippen molar-refractivity contribution in [1.29, 1.82) is 0 Å². The van der Waals surface area contributed by atoms with E-state index in [1.165, 1.54) is 0 Å². The molecule has 270 valence electrons. The molecule has 12 unspecified atom stereocenters. The average Bonchev–Trinajstić information content (AvgIpc) is 3.05. The molecule has 0 aromatic rings. The first-order valence-corrected chi connectivity index (χ1v) is 16.3. The third-order valence-electron chi connectivity index (χ3n) is 9.45. The number of cyclic esters (lactones) is 3. The van der Waals surface area contributed by atoms with E-state index in [0.29, 0.717) is 19.3 Å². The van der Waals surface area contributed by atoms with Crippen LogP contribution in [0.5, 0.6) is 0 Å². The van der Waals surface area contributed by atoms with Gasteiger partial charge < -0.3 is 60.8 Å². The smallest absolute Gasteiger partial charge is 0.332 e. The number of carbonyl (C=O) groups excluding carboxylic acids is 6. The van der Waals surface area contributed by atoms with Crippen LogP contribution in [-0.2, 0) is 43.0 Å². The van der Waals surface area contributed by atoms with Gasteiger partial charge in [-0.3, -0.25) is 14.4 Å². The van der Waals surface area contributed by atoms with Crippen molar-refractivity contribution in [2.24, 2.45) is 17.8 Å². The Morgan fingerprint density at radius 1 is 0.458 bits per heavy atom. The molecule has 4 rings (SSSR count). The van der Waals surface area contributed by atoms with Crippen molar-refractivity contribution in [1.82, 2.24) is 16.0 Å². The van der Waals surface area contributed by atoms with Gasteiger partial charge in [0.25, 0.3) is 0 Å². The highest BCUT2D eigenvalue weighted by Crippen LogP contribution is 2.27. The summed E-state index contributed by atoms with van der Waals surface area (Å²) >= 11 is 0. The lowest BCUT2D eigenvalue weighted by Crippen LogP contribution is -2.56. The second-order valence-electron chi connectivity index (χ2n) is 12.9. The molecule has 18 heteroatoms. The van der Waals surface area contributed by atoms with Gasteiger partial charge in [0.1, 0.15) is 19.8 Å². The molecule has 9 N–H and O–H groups in total. The van der Waals surface area contributed by atoms with Crippen LogP contribution >= 0.6 is 0 Å². The van der Waals surface area contributed by atoms with Gasteiger partial charge in [0.15, 0.2) is 18.1 Å². The molecule has 48 heavy (non-hydrogen) atoms. The predicted molar refractivity (Wildman–Crippen MR) is 157 cm³/mol. The highest BCUT2D eigenvalue weighted by atomic mass is 16.6. The van der Waals surface area contributed by atoms with Crippen LogP contribution in [0.4, 0.5) is 0 Å². The van der Waals surface area contributed by atoms with Crippen molar-refractivity contribution in [3.05, 3.63) is 0 Å². The summed E-state index contributed by atoms with van der Waals surface area (Å²) in [5.41, 5.74) is 0. The molecule has 4 aliphatic rings. The zero-order chi connectivity index (χ0) is 35.1. The number of esters is 3. The molecule has 1 aliphatic heterocycles. The summed E-state index contributed by atoms with van der Waals surface area (Å²) in [7, 11) is 0. The summed E-state index contributed by atoms with van der Waals surface area (Å²) in [5.74, 6) is -9.50. The first-order chi connectivity index (χ1) is 22.8. The molecule has 3 amide bonds. The monoisotopic (exact) mass is 687 g/mol. The van der Waals surface area contributed by atoms with Gasteiger partial charge in [0.2, 0.25) is 17.7 Å². The van der Waals surface area contributed by atoms with Crippen LogP contribution in [-0.4, -0.2) is 141 Å². The molecule has 0 aromatic heterocycles. The average molecular weight is 688 g/mol. The molecule has 1 saturated heterocycles. The lowest BCUT2D eigenvalue weighted by molar-refractivity contribution is -0.165. The van der Waals surface area contributed by atoms with Crippen LogP contribution in [0.25, 0.3) is 0 Å². The van der Waals surface area contributed by atoms with Crippen LogP contribution < -0.4 is 16.0 Å². The molecular weight excluding hydrogens is 642 g/mol. The van der Waals surface area contributed by atoms with Gasteiger partial charge in [0, 0.05) is 0 Å². The fourth-order valence-corrected chi connectivity index (χ4v) is 6.47. The lowest BCUT2D eigenvalue weighted by Gasteiger charge is -2.33. The number of amides is 3. The number of aliphatic hydroxyl groups is 6. The number of nitrogens with one attached hydrogen (secondary N) is 3. The topological polar surface area (TPSA) is 288 Å². The van der Waals surface area contributed by atoms with Gasteiger partial charge in [-0.15, -0.1) is 0 Å². The predicted octanol–water partition coefficient (Wildman–Crippen LogP) is -4.35. The van der Waals surface area contributed by atoms with E-state index in [2.05, 4.69) is 16.0 Å². The molecular formula is C30H45N3O15. The Balaban J connectivity index is 1.54. The van der Waals surface area contributed by atoms with E-state index in [1.54, 1.807) is 0 Å². The first-order valence-electron chi connectivity index (χ1n) is 16.3. The van der Waals surface area contributed by atoms with Crippen LogP contribution in [0.15, 0.2) is 0 Å². The number of hydrogen-bond acceptors (Lipinski definition) is 15. The maximum absolute atomic E-state index is 13.2. The summed E-state index contributed by atoms with van der Waals surface area (Å²) in [6.45, 7) is -2.49. The van der Waals surface area contributed by atoms with E-state index in [9.17, 15) is 59.4 Å². The molecule has 4 fully saturated rings. The Bertz CT molecular complexity index is 1060. The number of rotatable bonds is 6. The number of ether oxygens (including phenoxy) is 3. The van der Waals surface area contributed by atoms with Crippen molar-refractivity contribution in [2.45, 2.75) is 113 Å². The van der Waals surface area contributed by atoms with Gasteiger partial charge in [0.05, 0.1) is 54.4 Å². The summed E-state index contributed by atoms with van der Waals surface area (Å²) < 4.78 is 15.6. The Kier molecular flexibility index (Phi) is 13.1. The maximum Gasteiger partial charge on any atom is 0.332 e. The Morgan fingerprint density at radius 3 is 0.958 bits per heavy atom. The van der Waals surface area contributed by atoms with E-state index in [1.807, 2.05) is 0 Å².